The lowest BCUT2D eigenvalue weighted by Gasteiger charge is -2.13. The molecule has 0 radical (unpaired) electrons. The van der Waals surface area contributed by atoms with Gasteiger partial charge in [0.15, 0.2) is 0 Å². The molecule has 0 heterocycles. The largest absolute Gasteiger partial charge is 0.491 e. The van der Waals surface area contributed by atoms with Gasteiger partial charge in [0.2, 0.25) is 0 Å². The second kappa shape index (κ2) is 8.12. The molecule has 108 valence electrons. The fourth-order valence-corrected chi connectivity index (χ4v) is 1.54. The molecule has 1 aromatic rings. The van der Waals surface area contributed by atoms with E-state index in [2.05, 4.69) is 0 Å². The molecule has 0 aliphatic carbocycles. The van der Waals surface area contributed by atoms with Gasteiger partial charge >= 0.3 is 0 Å². The van der Waals surface area contributed by atoms with E-state index >= 15 is 0 Å². The van der Waals surface area contributed by atoms with E-state index in [0.717, 1.165) is 5.56 Å². The molecule has 1 aromatic carbocycles. The van der Waals surface area contributed by atoms with E-state index in [1.54, 1.807) is 26.0 Å². The van der Waals surface area contributed by atoms with Gasteiger partial charge in [-0.2, -0.15) is 0 Å². The molecule has 0 aromatic heterocycles. The van der Waals surface area contributed by atoms with Gasteiger partial charge in [-0.1, -0.05) is 6.07 Å². The first-order chi connectivity index (χ1) is 9.02. The summed E-state index contributed by atoms with van der Waals surface area (Å²) in [4.78, 5) is 0. The molecule has 1 rings (SSSR count). The Morgan fingerprint density at radius 2 is 1.74 bits per heavy atom. The molecule has 2 unspecified atom stereocenters. The third kappa shape index (κ3) is 6.02. The molecule has 5 nitrogen and oxygen atoms in total. The first-order valence-corrected chi connectivity index (χ1v) is 6.32. The second-order valence-electron chi connectivity index (χ2n) is 4.61. The molecule has 0 saturated heterocycles. The topological polar surface area (TPSA) is 79.2 Å². The highest BCUT2D eigenvalue weighted by Gasteiger charge is 2.06. The van der Waals surface area contributed by atoms with Crippen molar-refractivity contribution in [3.8, 4) is 5.75 Å². The molecule has 3 N–H and O–H groups in total. The van der Waals surface area contributed by atoms with Crippen molar-refractivity contribution >= 4 is 0 Å². The maximum Gasteiger partial charge on any atom is 0.119 e. The van der Waals surface area contributed by atoms with Gasteiger partial charge in [0.25, 0.3) is 0 Å². The smallest absolute Gasteiger partial charge is 0.119 e. The van der Waals surface area contributed by atoms with Crippen LogP contribution in [0.3, 0.4) is 0 Å². The number of aliphatic hydroxyl groups is 3. The third-order valence-corrected chi connectivity index (χ3v) is 2.46. The van der Waals surface area contributed by atoms with Crippen molar-refractivity contribution in [1.29, 1.82) is 0 Å². The fourth-order valence-electron chi connectivity index (χ4n) is 1.54. The van der Waals surface area contributed by atoms with Crippen LogP contribution in [0, 0.1) is 0 Å². The van der Waals surface area contributed by atoms with Crippen LogP contribution in [0.25, 0.3) is 0 Å². The summed E-state index contributed by atoms with van der Waals surface area (Å²) in [7, 11) is 0. The second-order valence-corrected chi connectivity index (χ2v) is 4.61. The lowest BCUT2D eigenvalue weighted by molar-refractivity contribution is 0.0369. The van der Waals surface area contributed by atoms with E-state index in [9.17, 15) is 5.11 Å². The van der Waals surface area contributed by atoms with Crippen molar-refractivity contribution in [3.63, 3.8) is 0 Å². The Balaban J connectivity index is 2.62. The zero-order valence-electron chi connectivity index (χ0n) is 11.4. The molecular formula is C14H22O5. The zero-order valence-corrected chi connectivity index (χ0v) is 11.4. The van der Waals surface area contributed by atoms with Gasteiger partial charge < -0.3 is 24.8 Å². The summed E-state index contributed by atoms with van der Waals surface area (Å²) < 4.78 is 10.7. The van der Waals surface area contributed by atoms with Crippen LogP contribution in [0.1, 0.15) is 25.0 Å². The van der Waals surface area contributed by atoms with Crippen LogP contribution in [0.2, 0.25) is 0 Å². The molecule has 0 aliphatic heterocycles. The lowest BCUT2D eigenvalue weighted by Crippen LogP contribution is -2.13. The highest BCUT2D eigenvalue weighted by atomic mass is 16.5. The number of aliphatic hydroxyl groups excluding tert-OH is 3. The molecule has 0 spiro atoms. The van der Waals surface area contributed by atoms with Gasteiger partial charge in [-0.25, -0.2) is 0 Å². The Kier molecular flexibility index (Phi) is 6.80. The molecule has 0 bridgehead atoms. The van der Waals surface area contributed by atoms with Gasteiger partial charge in [-0.15, -0.1) is 0 Å². The maximum absolute atomic E-state index is 9.32. The molecule has 2 atom stereocenters. The van der Waals surface area contributed by atoms with E-state index in [4.69, 9.17) is 19.7 Å². The average Bonchev–Trinajstić information content (AvgIpc) is 2.36. The van der Waals surface area contributed by atoms with E-state index in [0.29, 0.717) is 17.9 Å². The summed E-state index contributed by atoms with van der Waals surface area (Å²) in [5.41, 5.74) is 1.57. The van der Waals surface area contributed by atoms with Gasteiger partial charge in [0.1, 0.15) is 12.4 Å². The highest BCUT2D eigenvalue weighted by Crippen LogP contribution is 2.19. The van der Waals surface area contributed by atoms with E-state index in [1.165, 1.54) is 0 Å². The highest BCUT2D eigenvalue weighted by molar-refractivity contribution is 5.35. The summed E-state index contributed by atoms with van der Waals surface area (Å²) in [6.07, 6.45) is -1.04. The van der Waals surface area contributed by atoms with Crippen LogP contribution in [0.4, 0.5) is 0 Å². The number of hydrogen-bond acceptors (Lipinski definition) is 5. The standard InChI is InChI=1S/C14H22O5/c1-10(16)7-18-9-12-3-4-14(5-13(12)6-15)19-8-11(2)17/h3-5,10-11,15-17H,6-9H2,1-2H3. The van der Waals surface area contributed by atoms with Crippen LogP contribution in [0.5, 0.6) is 5.75 Å². The third-order valence-electron chi connectivity index (χ3n) is 2.46. The Labute approximate surface area is 113 Å². The van der Waals surface area contributed by atoms with Gasteiger partial charge in [0, 0.05) is 0 Å². The molecule has 0 amide bonds. The van der Waals surface area contributed by atoms with Crippen LogP contribution in [-0.4, -0.2) is 40.7 Å². The summed E-state index contributed by atoms with van der Waals surface area (Å²) in [6.45, 7) is 3.98. The minimum Gasteiger partial charge on any atom is -0.491 e. The number of benzene rings is 1. The van der Waals surface area contributed by atoms with Gasteiger partial charge in [-0.05, 0) is 37.1 Å². The maximum atomic E-state index is 9.32. The van der Waals surface area contributed by atoms with E-state index in [-0.39, 0.29) is 19.8 Å². The number of hydrogen-bond donors (Lipinski definition) is 3. The molecule has 0 aliphatic rings. The number of ether oxygens (including phenoxy) is 2. The molecular weight excluding hydrogens is 248 g/mol. The summed E-state index contributed by atoms with van der Waals surface area (Å²) in [6, 6.07) is 5.30. The Morgan fingerprint density at radius 1 is 1.05 bits per heavy atom. The minimum absolute atomic E-state index is 0.112. The van der Waals surface area contributed by atoms with Crippen molar-refractivity contribution in [2.45, 2.75) is 39.3 Å². The first kappa shape index (κ1) is 15.9. The normalized spacial score (nSPS) is 14.2. The van der Waals surface area contributed by atoms with Gasteiger partial charge in [-0.3, -0.25) is 0 Å². The van der Waals surface area contributed by atoms with E-state index in [1.807, 2.05) is 6.07 Å². The van der Waals surface area contributed by atoms with Crippen molar-refractivity contribution in [3.05, 3.63) is 29.3 Å². The Morgan fingerprint density at radius 3 is 2.32 bits per heavy atom. The Hall–Kier alpha value is -1.14. The number of rotatable bonds is 8. The van der Waals surface area contributed by atoms with Crippen LogP contribution in [0.15, 0.2) is 18.2 Å². The molecule has 0 fully saturated rings. The van der Waals surface area contributed by atoms with Crippen LogP contribution in [-0.2, 0) is 18.0 Å². The Bertz CT molecular complexity index is 376. The van der Waals surface area contributed by atoms with Crippen molar-refractivity contribution in [1.82, 2.24) is 0 Å². The van der Waals surface area contributed by atoms with Crippen LogP contribution >= 0.6 is 0 Å². The van der Waals surface area contributed by atoms with Crippen LogP contribution < -0.4 is 4.74 Å². The summed E-state index contributed by atoms with van der Waals surface area (Å²) in [5, 5.41) is 27.6. The quantitative estimate of drug-likeness (QED) is 0.652. The summed E-state index contributed by atoms with van der Waals surface area (Å²) in [5.74, 6) is 0.601. The monoisotopic (exact) mass is 270 g/mol. The van der Waals surface area contributed by atoms with Gasteiger partial charge in [0.05, 0.1) is 32.0 Å². The minimum atomic E-state index is -0.536. The predicted molar refractivity (Wildman–Crippen MR) is 70.9 cm³/mol. The van der Waals surface area contributed by atoms with Crippen molar-refractivity contribution in [2.24, 2.45) is 0 Å². The predicted octanol–water partition coefficient (Wildman–Crippen LogP) is 0.836. The molecule has 19 heavy (non-hydrogen) atoms. The fraction of sp³-hybridized carbons (Fsp3) is 0.571. The van der Waals surface area contributed by atoms with Crippen molar-refractivity contribution < 1.29 is 24.8 Å². The zero-order chi connectivity index (χ0) is 14.3. The van der Waals surface area contributed by atoms with E-state index < -0.39 is 12.2 Å². The first-order valence-electron chi connectivity index (χ1n) is 6.32. The lowest BCUT2D eigenvalue weighted by atomic mass is 10.1. The van der Waals surface area contributed by atoms with Crippen molar-refractivity contribution in [2.75, 3.05) is 13.2 Å². The average molecular weight is 270 g/mol. The summed E-state index contributed by atoms with van der Waals surface area (Å²) >= 11 is 0. The molecule has 5 heteroatoms. The SMILES string of the molecule is CC(O)COCc1ccc(OCC(C)O)cc1CO. The molecule has 0 saturated carbocycles.